The van der Waals surface area contributed by atoms with Gasteiger partial charge in [-0.15, -0.1) is 0 Å². The second-order valence-corrected chi connectivity index (χ2v) is 12.0. The van der Waals surface area contributed by atoms with Gasteiger partial charge in [0.1, 0.15) is 18.2 Å². The Morgan fingerprint density at radius 2 is 1.57 bits per heavy atom. The normalized spacial score (nSPS) is 14.0. The van der Waals surface area contributed by atoms with Gasteiger partial charge in [0, 0.05) is 25.6 Å². The van der Waals surface area contributed by atoms with Crippen molar-refractivity contribution in [2.24, 2.45) is 0 Å². The molecule has 0 bridgehead atoms. The Bertz CT molecular complexity index is 1140. The SMILES string of the molecule is C[C@H](Cn1cnc2c(N)ncnc21)OCP(=O)([O-])OCCCOCCCCCCCCCCCCCC#CC(F)(F)F. The van der Waals surface area contributed by atoms with Crippen molar-refractivity contribution in [2.45, 2.75) is 109 Å². The van der Waals surface area contributed by atoms with Crippen LogP contribution in [0.4, 0.5) is 19.0 Å². The Hall–Kier alpha value is -2.23. The number of halogens is 3. The lowest BCUT2D eigenvalue weighted by Gasteiger charge is -2.25. The Morgan fingerprint density at radius 1 is 0.952 bits per heavy atom. The van der Waals surface area contributed by atoms with Crippen molar-refractivity contribution in [3.8, 4) is 11.8 Å². The van der Waals surface area contributed by atoms with Gasteiger partial charge in [-0.1, -0.05) is 63.7 Å². The zero-order chi connectivity index (χ0) is 30.7. The van der Waals surface area contributed by atoms with Crippen molar-refractivity contribution in [1.29, 1.82) is 0 Å². The van der Waals surface area contributed by atoms with E-state index in [9.17, 15) is 22.6 Å². The van der Waals surface area contributed by atoms with Gasteiger partial charge in [0.15, 0.2) is 19.1 Å². The molecule has 0 aliphatic rings. The van der Waals surface area contributed by atoms with Crippen molar-refractivity contribution in [2.75, 3.05) is 31.9 Å². The molecule has 0 saturated carbocycles. The topological polar surface area (TPSA) is 137 Å². The molecule has 0 amide bonds. The summed E-state index contributed by atoms with van der Waals surface area (Å²) in [6.07, 6.45) is 10.1. The number of unbranched alkanes of at least 4 members (excludes halogenated alkanes) is 11. The van der Waals surface area contributed by atoms with Crippen LogP contribution in [-0.4, -0.2) is 58.0 Å². The van der Waals surface area contributed by atoms with Crippen LogP contribution in [0.3, 0.4) is 0 Å². The maximum atomic E-state index is 12.2. The lowest BCUT2D eigenvalue weighted by molar-refractivity contribution is -0.205. The van der Waals surface area contributed by atoms with Gasteiger partial charge in [-0.25, -0.2) is 15.0 Å². The fourth-order valence-corrected chi connectivity index (χ4v) is 5.17. The molecule has 0 spiro atoms. The molecule has 2 aromatic rings. The molecule has 2 heterocycles. The Morgan fingerprint density at radius 3 is 2.24 bits per heavy atom. The first kappa shape index (κ1) is 36.0. The van der Waals surface area contributed by atoms with Crippen LogP contribution in [0.1, 0.15) is 90.4 Å². The minimum atomic E-state index is -4.37. The smallest absolute Gasteiger partial charge is 0.457 e. The molecule has 0 aliphatic heterocycles. The molecule has 0 saturated heterocycles. The monoisotopic (exact) mass is 618 g/mol. The van der Waals surface area contributed by atoms with Gasteiger partial charge in [0.25, 0.3) is 0 Å². The fourth-order valence-electron chi connectivity index (χ4n) is 4.26. The summed E-state index contributed by atoms with van der Waals surface area (Å²) in [6.45, 7) is 3.22. The van der Waals surface area contributed by atoms with Crippen molar-refractivity contribution in [3.05, 3.63) is 12.7 Å². The third kappa shape index (κ3) is 16.4. The fraction of sp³-hybridized carbons (Fsp3) is 0.750. The largest absolute Gasteiger partial charge is 0.777 e. The second kappa shape index (κ2) is 19.9. The van der Waals surface area contributed by atoms with E-state index in [1.807, 2.05) is 0 Å². The number of ether oxygens (including phenoxy) is 2. The van der Waals surface area contributed by atoms with E-state index in [1.54, 1.807) is 17.8 Å². The summed E-state index contributed by atoms with van der Waals surface area (Å²) in [7, 11) is -4.13. The number of nitrogens with zero attached hydrogens (tertiary/aromatic N) is 4. The summed E-state index contributed by atoms with van der Waals surface area (Å²) in [5, 5.41) is 0. The number of aromatic nitrogens is 4. The number of anilines is 1. The van der Waals surface area contributed by atoms with Crippen molar-refractivity contribution >= 4 is 24.6 Å². The van der Waals surface area contributed by atoms with Crippen molar-refractivity contribution < 1.29 is 36.6 Å². The first-order valence-corrected chi connectivity index (χ1v) is 16.4. The standard InChI is InChI=1S/C28H45F3N5O5P/c1-24(20-36-22-35-25-26(32)33-21-34-27(25)36)40-23-42(37,38)41-19-15-18-39-17-14-12-10-8-6-4-2-3-5-7-9-11-13-16-28(29,30)31/h21-22,24H,2-12,14-15,17-20,23H2,1H3,(H,37,38)(H2,32,33,34)/p-1/t24-/m1/s1. The number of nitrogens with two attached hydrogens (primary N) is 1. The van der Waals surface area contributed by atoms with Gasteiger partial charge in [-0.2, -0.15) is 13.2 Å². The third-order valence-electron chi connectivity index (χ3n) is 6.44. The van der Waals surface area contributed by atoms with Crippen LogP contribution in [0.15, 0.2) is 12.7 Å². The minimum Gasteiger partial charge on any atom is -0.777 e. The number of rotatable bonds is 23. The molecule has 0 aliphatic carbocycles. The van der Waals surface area contributed by atoms with E-state index in [2.05, 4.69) is 20.9 Å². The van der Waals surface area contributed by atoms with E-state index in [0.717, 1.165) is 51.4 Å². The number of imidazole rings is 1. The van der Waals surface area contributed by atoms with Crippen LogP contribution in [0.25, 0.3) is 11.2 Å². The first-order valence-electron chi connectivity index (χ1n) is 14.7. The number of alkyl halides is 3. The van der Waals surface area contributed by atoms with Gasteiger partial charge in [-0.05, 0) is 26.2 Å². The molecule has 0 radical (unpaired) electrons. The van der Waals surface area contributed by atoms with Crippen LogP contribution in [0.2, 0.25) is 0 Å². The second-order valence-electron chi connectivity index (χ2n) is 10.3. The molecule has 14 heteroatoms. The molecule has 1 unspecified atom stereocenters. The summed E-state index contributed by atoms with van der Waals surface area (Å²) in [5.74, 6) is 3.76. The summed E-state index contributed by atoms with van der Waals surface area (Å²) in [6, 6.07) is 0. The highest BCUT2D eigenvalue weighted by Gasteiger charge is 2.22. The Kier molecular flexibility index (Phi) is 17.0. The third-order valence-corrected chi connectivity index (χ3v) is 7.48. The quantitative estimate of drug-likeness (QED) is 0.0904. The van der Waals surface area contributed by atoms with E-state index in [0.29, 0.717) is 43.8 Å². The number of fused-ring (bicyclic) bond motifs is 1. The molecular weight excluding hydrogens is 574 g/mol. The maximum Gasteiger partial charge on any atom is 0.457 e. The first-order chi connectivity index (χ1) is 20.1. The molecule has 2 rings (SSSR count). The van der Waals surface area contributed by atoms with E-state index in [4.69, 9.17) is 19.7 Å². The average molecular weight is 619 g/mol. The number of hydrogen-bond donors (Lipinski definition) is 1. The molecule has 2 N–H and O–H groups in total. The molecule has 42 heavy (non-hydrogen) atoms. The van der Waals surface area contributed by atoms with Crippen LogP contribution >= 0.6 is 7.60 Å². The predicted molar refractivity (Wildman–Crippen MR) is 153 cm³/mol. The van der Waals surface area contributed by atoms with E-state index < -0.39 is 26.2 Å². The predicted octanol–water partition coefficient (Wildman–Crippen LogP) is 5.99. The van der Waals surface area contributed by atoms with Gasteiger partial charge in [0.2, 0.25) is 0 Å². The van der Waals surface area contributed by atoms with Crippen LogP contribution in [0, 0.1) is 11.8 Å². The molecule has 0 aromatic carbocycles. The van der Waals surface area contributed by atoms with Gasteiger partial charge >= 0.3 is 6.18 Å². The van der Waals surface area contributed by atoms with Crippen molar-refractivity contribution in [3.63, 3.8) is 0 Å². The Balaban J connectivity index is 1.36. The van der Waals surface area contributed by atoms with E-state index in [-0.39, 0.29) is 12.4 Å². The summed E-state index contributed by atoms with van der Waals surface area (Å²) >= 11 is 0. The Labute approximate surface area is 246 Å². The highest BCUT2D eigenvalue weighted by molar-refractivity contribution is 7.51. The molecular formula is C28H44F3N5O5P-. The molecule has 238 valence electrons. The van der Waals surface area contributed by atoms with Gasteiger partial charge in [-0.3, -0.25) is 0 Å². The zero-order valence-corrected chi connectivity index (χ0v) is 25.3. The van der Waals surface area contributed by atoms with Gasteiger partial charge < -0.3 is 33.8 Å². The van der Waals surface area contributed by atoms with Gasteiger partial charge in [0.05, 0.1) is 25.6 Å². The summed E-state index contributed by atoms with van der Waals surface area (Å²) in [4.78, 5) is 24.4. The van der Waals surface area contributed by atoms with E-state index >= 15 is 0 Å². The highest BCUT2D eigenvalue weighted by atomic mass is 31.2. The zero-order valence-electron chi connectivity index (χ0n) is 24.4. The summed E-state index contributed by atoms with van der Waals surface area (Å²) in [5.41, 5.74) is 6.82. The average Bonchev–Trinajstić information content (AvgIpc) is 3.34. The molecule has 10 nitrogen and oxygen atoms in total. The summed E-state index contributed by atoms with van der Waals surface area (Å²) < 4.78 is 65.7. The van der Waals surface area contributed by atoms with Crippen LogP contribution in [-0.2, 0) is 25.1 Å². The van der Waals surface area contributed by atoms with E-state index in [1.165, 1.54) is 31.5 Å². The minimum absolute atomic E-state index is 0.0486. The molecule has 2 aromatic heterocycles. The number of nitrogen functional groups attached to an aromatic ring is 1. The van der Waals surface area contributed by atoms with Crippen LogP contribution in [0.5, 0.6) is 0 Å². The van der Waals surface area contributed by atoms with Crippen LogP contribution < -0.4 is 10.6 Å². The number of hydrogen-bond acceptors (Lipinski definition) is 9. The lowest BCUT2D eigenvalue weighted by atomic mass is 10.1. The lowest BCUT2D eigenvalue weighted by Crippen LogP contribution is -2.20. The molecule has 0 fully saturated rings. The molecule has 2 atom stereocenters. The highest BCUT2D eigenvalue weighted by Crippen LogP contribution is 2.37. The maximum absolute atomic E-state index is 12.2. The van der Waals surface area contributed by atoms with Crippen molar-refractivity contribution in [1.82, 2.24) is 19.5 Å².